The van der Waals surface area contributed by atoms with Crippen molar-refractivity contribution in [2.24, 2.45) is 0 Å². The van der Waals surface area contributed by atoms with Crippen LogP contribution in [0.2, 0.25) is 5.02 Å². The summed E-state index contributed by atoms with van der Waals surface area (Å²) in [6.45, 7) is 0. The topological polar surface area (TPSA) is 55.8 Å². The van der Waals surface area contributed by atoms with E-state index in [0.29, 0.717) is 0 Å². The Kier molecular flexibility index (Phi) is 4.15. The van der Waals surface area contributed by atoms with Gasteiger partial charge in [-0.05, 0) is 25.0 Å². The van der Waals surface area contributed by atoms with Gasteiger partial charge in [-0.15, -0.1) is 0 Å². The molecule has 1 aliphatic rings. The SMILES string of the molecule is COC(=O)C(O)C(F)(F)c1ccc(Cl)c(OC2CC2)c1. The number of methoxy groups -OCH3 is 1. The molecule has 2 rings (SSSR count). The average Bonchev–Trinajstić information content (AvgIpc) is 3.23. The van der Waals surface area contributed by atoms with Crippen LogP contribution in [-0.4, -0.2) is 30.4 Å². The number of carbonyl (C=O) groups is 1. The van der Waals surface area contributed by atoms with Crippen molar-refractivity contribution < 1.29 is 28.2 Å². The van der Waals surface area contributed by atoms with Crippen LogP contribution in [0.4, 0.5) is 8.78 Å². The average molecular weight is 307 g/mol. The smallest absolute Gasteiger partial charge is 0.341 e. The summed E-state index contributed by atoms with van der Waals surface area (Å²) in [6.07, 6.45) is -0.895. The van der Waals surface area contributed by atoms with Crippen LogP contribution in [-0.2, 0) is 15.5 Å². The van der Waals surface area contributed by atoms with E-state index in [0.717, 1.165) is 32.1 Å². The lowest BCUT2D eigenvalue weighted by Crippen LogP contribution is -2.38. The molecule has 1 saturated carbocycles. The first-order valence-electron chi connectivity index (χ1n) is 5.96. The number of hydrogen-bond acceptors (Lipinski definition) is 4. The number of ether oxygens (including phenoxy) is 2. The highest BCUT2D eigenvalue weighted by molar-refractivity contribution is 6.32. The van der Waals surface area contributed by atoms with Crippen molar-refractivity contribution in [3.63, 3.8) is 0 Å². The number of benzene rings is 1. The molecular weight excluding hydrogens is 294 g/mol. The van der Waals surface area contributed by atoms with Crippen LogP contribution < -0.4 is 4.74 Å². The molecule has 1 aromatic rings. The van der Waals surface area contributed by atoms with Gasteiger partial charge in [0.25, 0.3) is 0 Å². The molecule has 7 heteroatoms. The maximum Gasteiger partial charge on any atom is 0.341 e. The Balaban J connectivity index is 2.28. The highest BCUT2D eigenvalue weighted by Crippen LogP contribution is 2.38. The maximum atomic E-state index is 14.0. The Bertz CT molecular complexity index is 517. The number of alkyl halides is 2. The summed E-state index contributed by atoms with van der Waals surface area (Å²) in [6, 6.07) is 3.31. The Morgan fingerprint density at radius 1 is 1.50 bits per heavy atom. The quantitative estimate of drug-likeness (QED) is 0.849. The molecule has 1 aromatic carbocycles. The summed E-state index contributed by atoms with van der Waals surface area (Å²) in [7, 11) is 0.922. The summed E-state index contributed by atoms with van der Waals surface area (Å²) in [5, 5.41) is 9.55. The lowest BCUT2D eigenvalue weighted by molar-refractivity contribution is -0.176. The second-order valence-corrected chi connectivity index (χ2v) is 4.92. The molecule has 4 nitrogen and oxygen atoms in total. The maximum absolute atomic E-state index is 14.0. The highest BCUT2D eigenvalue weighted by Gasteiger charge is 2.46. The van der Waals surface area contributed by atoms with Crippen LogP contribution in [0.3, 0.4) is 0 Å². The van der Waals surface area contributed by atoms with E-state index in [1.807, 2.05) is 0 Å². The summed E-state index contributed by atoms with van der Waals surface area (Å²) >= 11 is 5.86. The van der Waals surface area contributed by atoms with Crippen molar-refractivity contribution in [3.8, 4) is 5.75 Å². The zero-order valence-corrected chi connectivity index (χ0v) is 11.4. The minimum atomic E-state index is -3.79. The zero-order chi connectivity index (χ0) is 14.9. The van der Waals surface area contributed by atoms with Gasteiger partial charge in [0.1, 0.15) is 5.75 Å². The van der Waals surface area contributed by atoms with E-state index >= 15 is 0 Å². The predicted octanol–water partition coefficient (Wildman–Crippen LogP) is 2.51. The molecule has 0 radical (unpaired) electrons. The van der Waals surface area contributed by atoms with Gasteiger partial charge in [0.2, 0.25) is 6.10 Å². The number of halogens is 3. The van der Waals surface area contributed by atoms with E-state index in [1.165, 1.54) is 6.07 Å². The van der Waals surface area contributed by atoms with Gasteiger partial charge in [-0.25, -0.2) is 4.79 Å². The fourth-order valence-corrected chi connectivity index (χ4v) is 1.75. The second-order valence-electron chi connectivity index (χ2n) is 4.51. The molecule has 0 saturated heterocycles. The van der Waals surface area contributed by atoms with Crippen LogP contribution in [0.25, 0.3) is 0 Å². The van der Waals surface area contributed by atoms with Crippen LogP contribution in [0.15, 0.2) is 18.2 Å². The Labute approximate surface area is 119 Å². The van der Waals surface area contributed by atoms with Crippen molar-refractivity contribution in [2.45, 2.75) is 31.0 Å². The number of aliphatic hydroxyl groups is 1. The third kappa shape index (κ3) is 3.02. The normalized spacial score (nSPS) is 16.6. The fourth-order valence-electron chi connectivity index (χ4n) is 1.58. The molecule has 1 atom stereocenters. The first kappa shape index (κ1) is 15.0. The molecule has 1 aliphatic carbocycles. The van der Waals surface area contributed by atoms with E-state index in [1.54, 1.807) is 0 Å². The van der Waals surface area contributed by atoms with E-state index in [-0.39, 0.29) is 16.9 Å². The van der Waals surface area contributed by atoms with Gasteiger partial charge in [0.15, 0.2) is 0 Å². The van der Waals surface area contributed by atoms with Crippen molar-refractivity contribution in [1.82, 2.24) is 0 Å². The number of esters is 1. The summed E-state index contributed by atoms with van der Waals surface area (Å²) < 4.78 is 37.5. The Morgan fingerprint density at radius 3 is 2.70 bits per heavy atom. The molecule has 0 spiro atoms. The Hall–Kier alpha value is -1.40. The number of hydrogen-bond donors (Lipinski definition) is 1. The van der Waals surface area contributed by atoms with Crippen molar-refractivity contribution in [2.75, 3.05) is 7.11 Å². The molecule has 0 heterocycles. The van der Waals surface area contributed by atoms with Crippen molar-refractivity contribution in [3.05, 3.63) is 28.8 Å². The molecule has 0 aromatic heterocycles. The van der Waals surface area contributed by atoms with Crippen LogP contribution in [0, 0.1) is 0 Å². The molecule has 1 unspecified atom stereocenters. The summed E-state index contributed by atoms with van der Waals surface area (Å²) in [5.74, 6) is -5.09. The van der Waals surface area contributed by atoms with Crippen molar-refractivity contribution >= 4 is 17.6 Å². The van der Waals surface area contributed by atoms with E-state index < -0.39 is 23.6 Å². The van der Waals surface area contributed by atoms with Gasteiger partial charge in [0, 0.05) is 5.56 Å². The molecular formula is C13H13ClF2O4. The van der Waals surface area contributed by atoms with Gasteiger partial charge in [-0.1, -0.05) is 17.7 Å². The van der Waals surface area contributed by atoms with Gasteiger partial charge >= 0.3 is 11.9 Å². The van der Waals surface area contributed by atoms with Gasteiger partial charge in [-0.2, -0.15) is 8.78 Å². The highest BCUT2D eigenvalue weighted by atomic mass is 35.5. The largest absolute Gasteiger partial charge is 0.489 e. The monoisotopic (exact) mass is 306 g/mol. The second kappa shape index (κ2) is 5.54. The van der Waals surface area contributed by atoms with Gasteiger partial charge < -0.3 is 14.6 Å². The van der Waals surface area contributed by atoms with E-state index in [9.17, 15) is 18.7 Å². The van der Waals surface area contributed by atoms with Crippen LogP contribution in [0.5, 0.6) is 5.75 Å². The summed E-state index contributed by atoms with van der Waals surface area (Å²) in [5.41, 5.74) is -0.560. The van der Waals surface area contributed by atoms with Gasteiger partial charge in [0.05, 0.1) is 18.2 Å². The predicted molar refractivity (Wildman–Crippen MR) is 67.0 cm³/mol. The number of carbonyl (C=O) groups excluding carboxylic acids is 1. The third-order valence-electron chi connectivity index (χ3n) is 2.90. The molecule has 0 aliphatic heterocycles. The lowest BCUT2D eigenvalue weighted by Gasteiger charge is -2.21. The minimum Gasteiger partial charge on any atom is -0.489 e. The third-order valence-corrected chi connectivity index (χ3v) is 3.21. The molecule has 1 N–H and O–H groups in total. The van der Waals surface area contributed by atoms with E-state index in [4.69, 9.17) is 16.3 Å². The molecule has 1 fully saturated rings. The van der Waals surface area contributed by atoms with Gasteiger partial charge in [-0.3, -0.25) is 0 Å². The fraction of sp³-hybridized carbons (Fsp3) is 0.462. The first-order chi connectivity index (χ1) is 9.36. The molecule has 110 valence electrons. The standard InChI is InChI=1S/C13H13ClF2O4/c1-19-12(18)11(17)13(15,16)7-2-5-9(14)10(6-7)20-8-3-4-8/h2,5-6,8,11,17H,3-4H2,1H3. The first-order valence-corrected chi connectivity index (χ1v) is 6.34. The summed E-state index contributed by atoms with van der Waals surface area (Å²) in [4.78, 5) is 11.1. The van der Waals surface area contributed by atoms with Crippen LogP contribution >= 0.6 is 11.6 Å². The minimum absolute atomic E-state index is 0.0121. The number of rotatable bonds is 5. The van der Waals surface area contributed by atoms with E-state index in [2.05, 4.69) is 4.74 Å². The van der Waals surface area contributed by atoms with Crippen LogP contribution in [0.1, 0.15) is 18.4 Å². The number of aliphatic hydroxyl groups excluding tert-OH is 1. The van der Waals surface area contributed by atoms with Crippen molar-refractivity contribution in [1.29, 1.82) is 0 Å². The molecule has 20 heavy (non-hydrogen) atoms. The molecule has 0 amide bonds. The Morgan fingerprint density at radius 2 is 2.15 bits per heavy atom. The molecule has 0 bridgehead atoms. The zero-order valence-electron chi connectivity index (χ0n) is 10.6. The lowest BCUT2D eigenvalue weighted by atomic mass is 10.0.